The summed E-state index contributed by atoms with van der Waals surface area (Å²) in [7, 11) is 7.56. The first-order valence-corrected chi connectivity index (χ1v) is 12.3. The highest BCUT2D eigenvalue weighted by atomic mass is 16.5. The van der Waals surface area contributed by atoms with E-state index in [1.54, 1.807) is 19.0 Å². The van der Waals surface area contributed by atoms with E-state index in [2.05, 4.69) is 116 Å². The molecule has 3 aromatic carbocycles. The third kappa shape index (κ3) is 9.82. The first-order valence-electron chi connectivity index (χ1n) is 12.3. The smallest absolute Gasteiger partial charge is 0.215 e. The lowest BCUT2D eigenvalue weighted by Crippen LogP contribution is -2.32. The van der Waals surface area contributed by atoms with E-state index in [1.807, 2.05) is 0 Å². The SMILES string of the molecule is CC/C(=C(\c1ccccc1)c1ccc(OCCN(C)C)cc1)c1ccccc1.CN(C)C(N)=NC(=N)N. The van der Waals surface area contributed by atoms with Crippen LogP contribution in [0.3, 0.4) is 0 Å². The summed E-state index contributed by atoms with van der Waals surface area (Å²) in [5.74, 6) is 0.875. The quantitative estimate of drug-likeness (QED) is 0.235. The van der Waals surface area contributed by atoms with Crippen molar-refractivity contribution in [2.24, 2.45) is 16.5 Å². The number of guanidine groups is 2. The topological polar surface area (TPSA) is 104 Å². The number of hydrogen-bond donors (Lipinski definition) is 3. The number of nitrogens with one attached hydrogen (secondary N) is 1. The predicted octanol–water partition coefficient (Wildman–Crippen LogP) is 4.75. The molecule has 0 aromatic heterocycles. The van der Waals surface area contributed by atoms with Gasteiger partial charge in [-0.25, -0.2) is 0 Å². The highest BCUT2D eigenvalue weighted by molar-refractivity contribution is 5.98. The molecular weight excluding hydrogens is 460 g/mol. The summed E-state index contributed by atoms with van der Waals surface area (Å²) in [6.45, 7) is 3.83. The van der Waals surface area contributed by atoms with Crippen molar-refractivity contribution in [1.82, 2.24) is 9.80 Å². The van der Waals surface area contributed by atoms with Gasteiger partial charge in [-0.15, -0.1) is 0 Å². The number of nitrogens with two attached hydrogens (primary N) is 2. The van der Waals surface area contributed by atoms with Gasteiger partial charge >= 0.3 is 0 Å². The maximum Gasteiger partial charge on any atom is 0.215 e. The van der Waals surface area contributed by atoms with E-state index in [0.29, 0.717) is 6.61 Å². The Labute approximate surface area is 221 Å². The third-order valence-electron chi connectivity index (χ3n) is 5.48. The Hall–Kier alpha value is -4.10. The third-order valence-corrected chi connectivity index (χ3v) is 5.48. The fraction of sp³-hybridized carbons (Fsp3) is 0.267. The lowest BCUT2D eigenvalue weighted by Gasteiger charge is -2.17. The Kier molecular flexibility index (Phi) is 11.9. The summed E-state index contributed by atoms with van der Waals surface area (Å²) in [5, 5.41) is 6.70. The Bertz CT molecular complexity index is 1150. The maximum atomic E-state index is 6.70. The van der Waals surface area contributed by atoms with E-state index < -0.39 is 0 Å². The van der Waals surface area contributed by atoms with Crippen LogP contribution in [0.25, 0.3) is 11.1 Å². The zero-order chi connectivity index (χ0) is 27.2. The molecule has 0 aliphatic heterocycles. The molecule has 0 unspecified atom stereocenters. The number of benzene rings is 3. The molecule has 0 saturated heterocycles. The van der Waals surface area contributed by atoms with Crippen LogP contribution >= 0.6 is 0 Å². The molecule has 0 bridgehead atoms. The Morgan fingerprint density at radius 3 is 1.73 bits per heavy atom. The molecule has 37 heavy (non-hydrogen) atoms. The van der Waals surface area contributed by atoms with Crippen LogP contribution in [0.2, 0.25) is 0 Å². The van der Waals surface area contributed by atoms with Crippen molar-refractivity contribution < 1.29 is 4.74 Å². The minimum absolute atomic E-state index is 0.238. The van der Waals surface area contributed by atoms with Crippen LogP contribution in [0.15, 0.2) is 89.9 Å². The standard InChI is InChI=1S/C26H29NO.C4H11N5/c1-4-25(21-11-7-5-8-12-21)26(22-13-9-6-10-14-22)23-15-17-24(18-16-23)28-20-19-27(2)3;1-9(2)4(7)8-3(5)6/h5-18H,4,19-20H2,1-3H3;1-2H3,(H5,5,6,7,8)/b26-25-;. The van der Waals surface area contributed by atoms with E-state index in [1.165, 1.54) is 27.8 Å². The van der Waals surface area contributed by atoms with E-state index in [-0.39, 0.29) is 11.9 Å². The number of allylic oxidation sites excluding steroid dienone is 1. The molecule has 0 aliphatic rings. The second-order valence-electron chi connectivity index (χ2n) is 8.86. The molecule has 0 aliphatic carbocycles. The number of nitrogens with zero attached hydrogens (tertiary/aromatic N) is 3. The summed E-state index contributed by atoms with van der Waals surface area (Å²) in [6.07, 6.45) is 0.968. The summed E-state index contributed by atoms with van der Waals surface area (Å²) >= 11 is 0. The first-order chi connectivity index (χ1) is 17.7. The van der Waals surface area contributed by atoms with E-state index in [4.69, 9.17) is 21.6 Å². The number of likely N-dealkylation sites (N-methyl/N-ethyl adjacent to an activating group) is 1. The zero-order valence-corrected chi connectivity index (χ0v) is 22.6. The van der Waals surface area contributed by atoms with Crippen LogP contribution in [0.1, 0.15) is 30.0 Å². The van der Waals surface area contributed by atoms with Gasteiger partial charge in [-0.3, -0.25) is 5.41 Å². The molecule has 5 N–H and O–H groups in total. The van der Waals surface area contributed by atoms with Gasteiger partial charge in [0, 0.05) is 20.6 Å². The highest BCUT2D eigenvalue weighted by Gasteiger charge is 2.13. The van der Waals surface area contributed by atoms with Crippen molar-refractivity contribution in [3.63, 3.8) is 0 Å². The number of aliphatic imine (C=N–C) groups is 1. The zero-order valence-electron chi connectivity index (χ0n) is 22.6. The van der Waals surface area contributed by atoms with Gasteiger partial charge < -0.3 is 26.0 Å². The summed E-state index contributed by atoms with van der Waals surface area (Å²) in [6, 6.07) is 29.8. The second kappa shape index (κ2) is 15.1. The molecule has 0 amide bonds. The number of hydrogen-bond acceptors (Lipinski definition) is 3. The van der Waals surface area contributed by atoms with Gasteiger partial charge in [-0.1, -0.05) is 79.7 Å². The largest absolute Gasteiger partial charge is 0.492 e. The van der Waals surface area contributed by atoms with E-state index in [9.17, 15) is 0 Å². The van der Waals surface area contributed by atoms with Crippen LogP contribution < -0.4 is 16.2 Å². The summed E-state index contributed by atoms with van der Waals surface area (Å²) < 4.78 is 5.87. The minimum Gasteiger partial charge on any atom is -0.492 e. The van der Waals surface area contributed by atoms with Crippen molar-refractivity contribution in [2.75, 3.05) is 41.3 Å². The Morgan fingerprint density at radius 1 is 0.784 bits per heavy atom. The van der Waals surface area contributed by atoms with Crippen LogP contribution in [-0.4, -0.2) is 63.1 Å². The van der Waals surface area contributed by atoms with E-state index >= 15 is 0 Å². The van der Waals surface area contributed by atoms with Crippen molar-refractivity contribution in [3.8, 4) is 5.75 Å². The van der Waals surface area contributed by atoms with Crippen molar-refractivity contribution >= 4 is 23.1 Å². The number of rotatable bonds is 8. The van der Waals surface area contributed by atoms with Crippen LogP contribution in [0, 0.1) is 5.41 Å². The molecule has 0 atom stereocenters. The fourth-order valence-corrected chi connectivity index (χ4v) is 3.57. The molecule has 3 rings (SSSR count). The molecule has 0 radical (unpaired) electrons. The molecule has 7 nitrogen and oxygen atoms in total. The second-order valence-corrected chi connectivity index (χ2v) is 8.86. The van der Waals surface area contributed by atoms with Crippen LogP contribution in [0.4, 0.5) is 0 Å². The van der Waals surface area contributed by atoms with Crippen LogP contribution in [0.5, 0.6) is 5.75 Å². The normalized spacial score (nSPS) is 11.8. The fourth-order valence-electron chi connectivity index (χ4n) is 3.57. The average Bonchev–Trinajstić information content (AvgIpc) is 2.88. The lowest BCUT2D eigenvalue weighted by atomic mass is 9.88. The van der Waals surface area contributed by atoms with Gasteiger partial charge in [0.15, 0.2) is 5.96 Å². The van der Waals surface area contributed by atoms with Gasteiger partial charge in [-0.2, -0.15) is 4.99 Å². The monoisotopic (exact) mass is 500 g/mol. The lowest BCUT2D eigenvalue weighted by molar-refractivity contribution is 0.261. The molecule has 0 spiro atoms. The molecule has 0 fully saturated rings. The van der Waals surface area contributed by atoms with Gasteiger partial charge in [0.1, 0.15) is 12.4 Å². The molecule has 0 heterocycles. The molecule has 196 valence electrons. The first kappa shape index (κ1) is 29.1. The molecule has 3 aromatic rings. The average molecular weight is 501 g/mol. The molecular formula is C30H40N6O. The number of ether oxygens (including phenoxy) is 1. The summed E-state index contributed by atoms with van der Waals surface area (Å²) in [4.78, 5) is 7.15. The van der Waals surface area contributed by atoms with E-state index in [0.717, 1.165) is 18.7 Å². The van der Waals surface area contributed by atoms with Crippen molar-refractivity contribution in [1.29, 1.82) is 5.41 Å². The predicted molar refractivity (Wildman–Crippen MR) is 157 cm³/mol. The van der Waals surface area contributed by atoms with Gasteiger partial charge in [-0.05, 0) is 60.5 Å². The minimum atomic E-state index is -0.277. The highest BCUT2D eigenvalue weighted by Crippen LogP contribution is 2.34. The van der Waals surface area contributed by atoms with Crippen molar-refractivity contribution in [3.05, 3.63) is 102 Å². The molecule has 0 saturated carbocycles. The van der Waals surface area contributed by atoms with Gasteiger partial charge in [0.05, 0.1) is 0 Å². The van der Waals surface area contributed by atoms with Gasteiger partial charge in [0.2, 0.25) is 5.96 Å². The Balaban J connectivity index is 0.000000458. The van der Waals surface area contributed by atoms with Crippen LogP contribution in [-0.2, 0) is 0 Å². The molecule has 7 heteroatoms. The van der Waals surface area contributed by atoms with Gasteiger partial charge in [0.25, 0.3) is 0 Å². The Morgan fingerprint density at radius 2 is 1.30 bits per heavy atom. The van der Waals surface area contributed by atoms with Crippen molar-refractivity contribution in [2.45, 2.75) is 13.3 Å². The maximum absolute atomic E-state index is 6.70. The summed E-state index contributed by atoms with van der Waals surface area (Å²) in [5.41, 5.74) is 16.6.